The minimum atomic E-state index is -0.369. The maximum atomic E-state index is 13.7. The van der Waals surface area contributed by atoms with Gasteiger partial charge in [-0.3, -0.25) is 0 Å². The van der Waals surface area contributed by atoms with Gasteiger partial charge in [-0.1, -0.05) is 20.3 Å². The van der Waals surface area contributed by atoms with Crippen molar-refractivity contribution in [1.29, 1.82) is 0 Å². The summed E-state index contributed by atoms with van der Waals surface area (Å²) in [5, 5.41) is 3.15. The van der Waals surface area contributed by atoms with E-state index in [0.717, 1.165) is 19.3 Å². The molecule has 17 heavy (non-hydrogen) atoms. The van der Waals surface area contributed by atoms with E-state index in [0.29, 0.717) is 5.56 Å². The summed E-state index contributed by atoms with van der Waals surface area (Å²) >= 11 is 0. The zero-order valence-corrected chi connectivity index (χ0v) is 10.6. The highest BCUT2D eigenvalue weighted by atomic mass is 19.1. The number of nitrogens with one attached hydrogen (secondary N) is 1. The molecule has 2 rings (SSSR count). The van der Waals surface area contributed by atoms with Crippen LogP contribution in [0.25, 0.3) is 0 Å². The molecule has 1 atom stereocenters. The topological polar surface area (TPSA) is 12.0 Å². The number of benzene rings is 1. The van der Waals surface area contributed by atoms with Crippen molar-refractivity contribution >= 4 is 5.69 Å². The lowest BCUT2D eigenvalue weighted by Crippen LogP contribution is -2.31. The van der Waals surface area contributed by atoms with Crippen molar-refractivity contribution in [3.63, 3.8) is 0 Å². The number of rotatable bonds is 2. The normalized spacial score (nSPS) is 22.8. The van der Waals surface area contributed by atoms with Crippen LogP contribution in [0.5, 0.6) is 0 Å². The van der Waals surface area contributed by atoms with E-state index in [2.05, 4.69) is 19.2 Å². The Bertz CT molecular complexity index is 426. The average molecular weight is 239 g/mol. The Hall–Kier alpha value is -1.12. The lowest BCUT2D eigenvalue weighted by atomic mass is 9.87. The summed E-state index contributed by atoms with van der Waals surface area (Å²) in [4.78, 5) is 0. The molecule has 0 amide bonds. The molecule has 3 heteroatoms. The van der Waals surface area contributed by atoms with Gasteiger partial charge in [0.25, 0.3) is 0 Å². The molecule has 0 aromatic heterocycles. The summed E-state index contributed by atoms with van der Waals surface area (Å²) in [6.45, 7) is 5.90. The van der Waals surface area contributed by atoms with Gasteiger partial charge in [0.1, 0.15) is 11.6 Å². The number of halogens is 2. The van der Waals surface area contributed by atoms with Crippen LogP contribution in [-0.2, 0) is 0 Å². The van der Waals surface area contributed by atoms with Gasteiger partial charge in [0, 0.05) is 12.1 Å². The number of anilines is 1. The van der Waals surface area contributed by atoms with Gasteiger partial charge >= 0.3 is 0 Å². The molecule has 0 aliphatic heterocycles. The Morgan fingerprint density at radius 3 is 2.53 bits per heavy atom. The minimum absolute atomic E-state index is 0.147. The van der Waals surface area contributed by atoms with Gasteiger partial charge in [0.15, 0.2) is 0 Å². The first-order valence-electron chi connectivity index (χ1n) is 6.12. The van der Waals surface area contributed by atoms with Crippen LogP contribution in [-0.4, -0.2) is 6.04 Å². The zero-order valence-electron chi connectivity index (χ0n) is 10.6. The van der Waals surface area contributed by atoms with Gasteiger partial charge in [0.2, 0.25) is 0 Å². The second kappa shape index (κ2) is 4.28. The van der Waals surface area contributed by atoms with Crippen LogP contribution in [0.1, 0.15) is 38.7 Å². The molecule has 1 aromatic carbocycles. The molecule has 1 N–H and O–H groups in total. The van der Waals surface area contributed by atoms with Gasteiger partial charge in [-0.25, -0.2) is 8.78 Å². The molecule has 1 aliphatic carbocycles. The molecule has 1 aliphatic rings. The van der Waals surface area contributed by atoms with Gasteiger partial charge in [-0.05, 0) is 36.8 Å². The molecule has 0 saturated heterocycles. The maximum Gasteiger partial charge on any atom is 0.146 e. The highest BCUT2D eigenvalue weighted by Crippen LogP contribution is 2.39. The van der Waals surface area contributed by atoms with Gasteiger partial charge in [-0.15, -0.1) is 0 Å². The Balaban J connectivity index is 2.22. The fourth-order valence-electron chi connectivity index (χ4n) is 2.54. The fourth-order valence-corrected chi connectivity index (χ4v) is 2.54. The van der Waals surface area contributed by atoms with Crippen LogP contribution in [0.3, 0.4) is 0 Å². The van der Waals surface area contributed by atoms with Crippen molar-refractivity contribution < 1.29 is 8.78 Å². The highest BCUT2D eigenvalue weighted by Gasteiger charge is 2.34. The smallest absolute Gasteiger partial charge is 0.146 e. The molecule has 0 radical (unpaired) electrons. The van der Waals surface area contributed by atoms with E-state index in [9.17, 15) is 8.78 Å². The van der Waals surface area contributed by atoms with Gasteiger partial charge in [0.05, 0.1) is 5.69 Å². The van der Waals surface area contributed by atoms with E-state index in [1.807, 2.05) is 0 Å². The van der Waals surface area contributed by atoms with Crippen molar-refractivity contribution in [3.8, 4) is 0 Å². The quantitative estimate of drug-likeness (QED) is 0.813. The monoisotopic (exact) mass is 239 g/mol. The molecule has 0 bridgehead atoms. The van der Waals surface area contributed by atoms with Crippen LogP contribution < -0.4 is 5.32 Å². The van der Waals surface area contributed by atoms with Crippen LogP contribution in [0, 0.1) is 24.0 Å². The molecule has 0 heterocycles. The molecule has 1 fully saturated rings. The predicted molar refractivity (Wildman–Crippen MR) is 66.1 cm³/mol. The number of aryl methyl sites for hydroxylation is 1. The van der Waals surface area contributed by atoms with Crippen molar-refractivity contribution in [2.45, 2.75) is 46.1 Å². The maximum absolute atomic E-state index is 13.7. The summed E-state index contributed by atoms with van der Waals surface area (Å²) in [7, 11) is 0. The Morgan fingerprint density at radius 1 is 1.24 bits per heavy atom. The first-order valence-corrected chi connectivity index (χ1v) is 6.12. The number of hydrogen-bond acceptors (Lipinski definition) is 1. The summed E-state index contributed by atoms with van der Waals surface area (Å²) < 4.78 is 27.1. The molecule has 1 saturated carbocycles. The van der Waals surface area contributed by atoms with Crippen molar-refractivity contribution in [2.24, 2.45) is 5.41 Å². The standard InChI is InChI=1S/C14H19F2N/c1-9-7-11(16)12(8-10(9)15)17-13-5-4-6-14(13,2)3/h7-8,13,17H,4-6H2,1-3H3. The summed E-state index contributed by atoms with van der Waals surface area (Å²) in [6, 6.07) is 2.73. The molecular formula is C14H19F2N. The molecule has 1 nitrogen and oxygen atoms in total. The molecule has 0 spiro atoms. The summed E-state index contributed by atoms with van der Waals surface area (Å²) in [5.41, 5.74) is 0.778. The van der Waals surface area contributed by atoms with Gasteiger partial charge in [-0.2, -0.15) is 0 Å². The molecule has 1 aromatic rings. The van der Waals surface area contributed by atoms with E-state index in [1.54, 1.807) is 6.92 Å². The predicted octanol–water partition coefficient (Wildman–Crippen LogP) is 4.26. The lowest BCUT2D eigenvalue weighted by molar-refractivity contribution is 0.349. The van der Waals surface area contributed by atoms with Gasteiger partial charge < -0.3 is 5.32 Å². The Kier molecular flexibility index (Phi) is 3.11. The van der Waals surface area contributed by atoms with E-state index in [4.69, 9.17) is 0 Å². The molecule has 1 unspecified atom stereocenters. The Labute approximate surface area is 101 Å². The molecule has 94 valence electrons. The number of hydrogen-bond donors (Lipinski definition) is 1. The van der Waals surface area contributed by atoms with E-state index >= 15 is 0 Å². The van der Waals surface area contributed by atoms with E-state index < -0.39 is 0 Å². The van der Waals surface area contributed by atoms with Crippen LogP contribution in [0.4, 0.5) is 14.5 Å². The second-order valence-corrected chi connectivity index (χ2v) is 5.66. The third-order valence-electron chi connectivity index (χ3n) is 3.84. The molecular weight excluding hydrogens is 220 g/mol. The van der Waals surface area contributed by atoms with Crippen LogP contribution >= 0.6 is 0 Å². The first kappa shape index (κ1) is 12.3. The van der Waals surface area contributed by atoms with Crippen LogP contribution in [0.15, 0.2) is 12.1 Å². The van der Waals surface area contributed by atoms with E-state index in [1.165, 1.54) is 12.1 Å². The second-order valence-electron chi connectivity index (χ2n) is 5.66. The largest absolute Gasteiger partial charge is 0.379 e. The summed E-state index contributed by atoms with van der Waals surface area (Å²) in [5.74, 6) is -0.726. The van der Waals surface area contributed by atoms with Crippen LogP contribution in [0.2, 0.25) is 0 Å². The lowest BCUT2D eigenvalue weighted by Gasteiger charge is -2.29. The van der Waals surface area contributed by atoms with E-state index in [-0.39, 0.29) is 28.8 Å². The summed E-state index contributed by atoms with van der Waals surface area (Å²) in [6.07, 6.45) is 3.28. The highest BCUT2D eigenvalue weighted by molar-refractivity contribution is 5.48. The fraction of sp³-hybridized carbons (Fsp3) is 0.571. The van der Waals surface area contributed by atoms with Crippen molar-refractivity contribution in [1.82, 2.24) is 0 Å². The zero-order chi connectivity index (χ0) is 12.6. The van der Waals surface area contributed by atoms with Crippen molar-refractivity contribution in [3.05, 3.63) is 29.3 Å². The average Bonchev–Trinajstić information content (AvgIpc) is 2.55. The first-order chi connectivity index (χ1) is 7.90. The third kappa shape index (κ3) is 2.43. The van der Waals surface area contributed by atoms with Crippen molar-refractivity contribution in [2.75, 3.05) is 5.32 Å². The SMILES string of the molecule is Cc1cc(F)c(NC2CCCC2(C)C)cc1F. The third-order valence-corrected chi connectivity index (χ3v) is 3.84. The Morgan fingerprint density at radius 2 is 1.94 bits per heavy atom. The minimum Gasteiger partial charge on any atom is -0.379 e.